The summed E-state index contributed by atoms with van der Waals surface area (Å²) >= 11 is 0. The van der Waals surface area contributed by atoms with Crippen molar-refractivity contribution in [1.29, 1.82) is 0 Å². The van der Waals surface area contributed by atoms with Crippen LogP contribution in [-0.4, -0.2) is 12.8 Å². The van der Waals surface area contributed by atoms with Gasteiger partial charge in [-0.2, -0.15) is 0 Å². The Bertz CT molecular complexity index is 48.1. The van der Waals surface area contributed by atoms with E-state index in [1.54, 1.807) is 0 Å². The highest BCUT2D eigenvalue weighted by molar-refractivity contribution is 5.56. The second-order valence-corrected chi connectivity index (χ2v) is 1.50. The quantitative estimate of drug-likeness (QED) is 0.479. The third-order valence-electron chi connectivity index (χ3n) is 0.664. The summed E-state index contributed by atoms with van der Waals surface area (Å²) in [7, 11) is 0. The third kappa shape index (κ3) is 5.67. The van der Waals surface area contributed by atoms with E-state index in [1.165, 1.54) is 0 Å². The molecule has 0 saturated carbocycles. The van der Waals surface area contributed by atoms with Crippen molar-refractivity contribution in [2.24, 2.45) is 4.99 Å². The van der Waals surface area contributed by atoms with E-state index in [0.717, 1.165) is 19.4 Å². The highest BCUT2D eigenvalue weighted by Crippen LogP contribution is 1.75. The Kier molecular flexibility index (Phi) is 5.40. The van der Waals surface area contributed by atoms with E-state index >= 15 is 0 Å². The minimum absolute atomic E-state index is 0.994. The molecule has 0 atom stereocenters. The molecule has 0 rings (SSSR count). The molecule has 0 spiro atoms. The van der Waals surface area contributed by atoms with Crippen molar-refractivity contribution in [1.82, 2.24) is 0 Å². The molecule has 0 aromatic heterocycles. The second-order valence-electron chi connectivity index (χ2n) is 1.50. The van der Waals surface area contributed by atoms with E-state index in [0.29, 0.717) is 0 Å². The largest absolute Gasteiger partial charge is 0.298 e. The van der Waals surface area contributed by atoms with E-state index in [-0.39, 0.29) is 0 Å². The summed E-state index contributed by atoms with van der Waals surface area (Å²) < 4.78 is 0. The molecule has 0 aliphatic carbocycles. The molecule has 42 valence electrons. The Hall–Kier alpha value is -0.330. The minimum Gasteiger partial charge on any atom is -0.298 e. The zero-order chi connectivity index (χ0) is 5.54. The second kappa shape index (κ2) is 5.67. The molecule has 0 heterocycles. The molecular weight excluding hydrogens is 86.1 g/mol. The standard InChI is InChI=1S/C6H13N/c1-3-5-7-6-4-2/h5H,3-4,6H2,1-2H3/b7-5+. The first-order valence-corrected chi connectivity index (χ1v) is 2.90. The van der Waals surface area contributed by atoms with Crippen LogP contribution in [0.15, 0.2) is 4.99 Å². The van der Waals surface area contributed by atoms with Crippen LogP contribution in [0.2, 0.25) is 0 Å². The van der Waals surface area contributed by atoms with Gasteiger partial charge in [-0.25, -0.2) is 0 Å². The van der Waals surface area contributed by atoms with E-state index in [2.05, 4.69) is 18.8 Å². The Morgan fingerprint density at radius 1 is 1.43 bits per heavy atom. The van der Waals surface area contributed by atoms with Gasteiger partial charge < -0.3 is 0 Å². The van der Waals surface area contributed by atoms with E-state index in [4.69, 9.17) is 0 Å². The molecule has 0 aromatic rings. The molecule has 0 saturated heterocycles. The van der Waals surface area contributed by atoms with E-state index < -0.39 is 0 Å². The topological polar surface area (TPSA) is 12.4 Å². The van der Waals surface area contributed by atoms with Crippen LogP contribution in [0.25, 0.3) is 0 Å². The summed E-state index contributed by atoms with van der Waals surface area (Å²) in [6.07, 6.45) is 4.19. The molecule has 0 aliphatic heterocycles. The van der Waals surface area contributed by atoms with Crippen LogP contribution >= 0.6 is 0 Å². The monoisotopic (exact) mass is 99.1 g/mol. The lowest BCUT2D eigenvalue weighted by atomic mass is 10.5. The van der Waals surface area contributed by atoms with Crippen molar-refractivity contribution >= 4 is 6.21 Å². The normalized spacial score (nSPS) is 10.6. The molecule has 0 aliphatic rings. The van der Waals surface area contributed by atoms with Crippen molar-refractivity contribution in [3.05, 3.63) is 0 Å². The van der Waals surface area contributed by atoms with Crippen LogP contribution in [-0.2, 0) is 0 Å². The molecule has 0 N–H and O–H groups in total. The lowest BCUT2D eigenvalue weighted by Crippen LogP contribution is -1.74. The van der Waals surface area contributed by atoms with Gasteiger partial charge in [0, 0.05) is 6.54 Å². The van der Waals surface area contributed by atoms with Gasteiger partial charge in [0.05, 0.1) is 0 Å². The van der Waals surface area contributed by atoms with Gasteiger partial charge in [0.25, 0.3) is 0 Å². The minimum atomic E-state index is 0.994. The fraction of sp³-hybridized carbons (Fsp3) is 0.833. The molecule has 0 amide bonds. The van der Waals surface area contributed by atoms with Crippen molar-refractivity contribution < 1.29 is 0 Å². The molecule has 0 radical (unpaired) electrons. The number of aliphatic imine (C=N–C) groups is 1. The SMILES string of the molecule is CC/C=N/CCC. The van der Waals surface area contributed by atoms with Crippen molar-refractivity contribution in [3.63, 3.8) is 0 Å². The van der Waals surface area contributed by atoms with Gasteiger partial charge in [0.1, 0.15) is 0 Å². The predicted octanol–water partition coefficient (Wildman–Crippen LogP) is 1.88. The van der Waals surface area contributed by atoms with Crippen LogP contribution in [0.5, 0.6) is 0 Å². The summed E-state index contributed by atoms with van der Waals surface area (Å²) in [5.41, 5.74) is 0. The molecule has 1 heteroatoms. The van der Waals surface area contributed by atoms with Gasteiger partial charge in [-0.15, -0.1) is 0 Å². The summed E-state index contributed by atoms with van der Waals surface area (Å²) in [5.74, 6) is 0. The highest BCUT2D eigenvalue weighted by atomic mass is 14.7. The van der Waals surface area contributed by atoms with Crippen LogP contribution < -0.4 is 0 Å². The molecule has 0 unspecified atom stereocenters. The third-order valence-corrected chi connectivity index (χ3v) is 0.664. The first-order valence-electron chi connectivity index (χ1n) is 2.90. The van der Waals surface area contributed by atoms with Crippen molar-refractivity contribution in [2.75, 3.05) is 6.54 Å². The fourth-order valence-corrected chi connectivity index (χ4v) is 0.349. The van der Waals surface area contributed by atoms with Gasteiger partial charge in [0.15, 0.2) is 0 Å². The maximum Gasteiger partial charge on any atom is 0.0382 e. The zero-order valence-electron chi connectivity index (χ0n) is 5.15. The zero-order valence-corrected chi connectivity index (χ0v) is 5.15. The maximum absolute atomic E-state index is 4.08. The van der Waals surface area contributed by atoms with E-state index in [1.807, 2.05) is 6.21 Å². The summed E-state index contributed by atoms with van der Waals surface area (Å²) in [5, 5.41) is 0. The summed E-state index contributed by atoms with van der Waals surface area (Å²) in [4.78, 5) is 4.08. The van der Waals surface area contributed by atoms with Crippen molar-refractivity contribution in [2.45, 2.75) is 26.7 Å². The number of hydrogen-bond acceptors (Lipinski definition) is 1. The average molecular weight is 99.2 g/mol. The molecule has 0 aromatic carbocycles. The smallest absolute Gasteiger partial charge is 0.0382 e. The number of nitrogens with zero attached hydrogens (tertiary/aromatic N) is 1. The summed E-state index contributed by atoms with van der Waals surface area (Å²) in [6.45, 7) is 5.22. The first-order chi connectivity index (χ1) is 3.41. The Balaban J connectivity index is 2.78. The Morgan fingerprint density at radius 2 is 2.14 bits per heavy atom. The highest BCUT2D eigenvalue weighted by Gasteiger charge is 1.68. The number of rotatable bonds is 3. The molecule has 1 nitrogen and oxygen atoms in total. The van der Waals surface area contributed by atoms with Gasteiger partial charge in [-0.3, -0.25) is 4.99 Å². The number of hydrogen-bond donors (Lipinski definition) is 0. The van der Waals surface area contributed by atoms with Crippen LogP contribution in [0.4, 0.5) is 0 Å². The van der Waals surface area contributed by atoms with Gasteiger partial charge in [-0.05, 0) is 19.1 Å². The fourth-order valence-electron chi connectivity index (χ4n) is 0.349. The predicted molar refractivity (Wildman–Crippen MR) is 33.9 cm³/mol. The Morgan fingerprint density at radius 3 is 2.57 bits per heavy atom. The molecular formula is C6H13N. The molecule has 0 fully saturated rings. The van der Waals surface area contributed by atoms with Gasteiger partial charge in [-0.1, -0.05) is 13.8 Å². The van der Waals surface area contributed by atoms with E-state index in [9.17, 15) is 0 Å². The molecule has 7 heavy (non-hydrogen) atoms. The van der Waals surface area contributed by atoms with Crippen LogP contribution in [0, 0.1) is 0 Å². The average Bonchev–Trinajstić information content (AvgIpc) is 1.69. The molecule has 0 bridgehead atoms. The lowest BCUT2D eigenvalue weighted by Gasteiger charge is -1.80. The first kappa shape index (κ1) is 6.67. The van der Waals surface area contributed by atoms with Crippen molar-refractivity contribution in [3.8, 4) is 0 Å². The van der Waals surface area contributed by atoms with Gasteiger partial charge >= 0.3 is 0 Å². The lowest BCUT2D eigenvalue weighted by molar-refractivity contribution is 0.932. The van der Waals surface area contributed by atoms with Crippen LogP contribution in [0.3, 0.4) is 0 Å². The summed E-state index contributed by atoms with van der Waals surface area (Å²) in [6, 6.07) is 0. The van der Waals surface area contributed by atoms with Gasteiger partial charge in [0.2, 0.25) is 0 Å². The van der Waals surface area contributed by atoms with Crippen LogP contribution in [0.1, 0.15) is 26.7 Å². The Labute approximate surface area is 45.5 Å². The maximum atomic E-state index is 4.08.